The Labute approximate surface area is 108 Å². The maximum absolute atomic E-state index is 11.9. The van der Waals surface area contributed by atoms with Crippen LogP contribution in [0.15, 0.2) is 17.5 Å². The van der Waals surface area contributed by atoms with E-state index in [1.54, 1.807) is 22.7 Å². The lowest BCUT2D eigenvalue weighted by Gasteiger charge is -2.38. The number of hydrogen-bond acceptors (Lipinski definition) is 4. The Morgan fingerprint density at radius 3 is 2.94 bits per heavy atom. The summed E-state index contributed by atoms with van der Waals surface area (Å²) in [4.78, 5) is 12.7. The van der Waals surface area contributed by atoms with Crippen LogP contribution in [0.2, 0.25) is 0 Å². The van der Waals surface area contributed by atoms with Gasteiger partial charge in [0.25, 0.3) is 5.91 Å². The Morgan fingerprint density at radius 2 is 2.29 bits per heavy atom. The minimum Gasteiger partial charge on any atom is -0.349 e. The van der Waals surface area contributed by atoms with Crippen LogP contribution in [-0.4, -0.2) is 18.0 Å². The first-order valence-electron chi connectivity index (χ1n) is 5.70. The van der Waals surface area contributed by atoms with Crippen LogP contribution in [0.5, 0.6) is 0 Å². The molecule has 17 heavy (non-hydrogen) atoms. The van der Waals surface area contributed by atoms with E-state index >= 15 is 0 Å². The van der Waals surface area contributed by atoms with E-state index in [2.05, 4.69) is 11.4 Å². The molecule has 0 aromatic carbocycles. The normalized spacial score (nSPS) is 17.9. The molecule has 2 heterocycles. The monoisotopic (exact) mass is 266 g/mol. The minimum absolute atomic E-state index is 0.00937. The maximum Gasteiger partial charge on any atom is 0.261 e. The van der Waals surface area contributed by atoms with E-state index in [-0.39, 0.29) is 11.4 Å². The van der Waals surface area contributed by atoms with Gasteiger partial charge in [0.05, 0.1) is 4.88 Å². The molecule has 0 bridgehead atoms. The van der Waals surface area contributed by atoms with E-state index in [1.807, 2.05) is 11.4 Å². The molecular weight excluding hydrogens is 252 g/mol. The van der Waals surface area contributed by atoms with Gasteiger partial charge in [-0.1, -0.05) is 0 Å². The summed E-state index contributed by atoms with van der Waals surface area (Å²) in [6.45, 7) is 0.595. The molecule has 1 saturated carbocycles. The largest absolute Gasteiger partial charge is 0.349 e. The van der Waals surface area contributed by atoms with Crippen LogP contribution in [0.3, 0.4) is 0 Å². The molecule has 2 aromatic rings. The highest BCUT2D eigenvalue weighted by atomic mass is 32.1. The van der Waals surface area contributed by atoms with Crippen molar-refractivity contribution in [3.8, 4) is 0 Å². The molecule has 0 unspecified atom stereocenters. The summed E-state index contributed by atoms with van der Waals surface area (Å²) < 4.78 is 2.37. The highest BCUT2D eigenvalue weighted by molar-refractivity contribution is 7.27. The van der Waals surface area contributed by atoms with E-state index in [0.717, 1.165) is 17.7 Å². The Morgan fingerprint density at radius 1 is 1.47 bits per heavy atom. The highest BCUT2D eigenvalue weighted by Gasteiger charge is 2.32. The third-order valence-corrected chi connectivity index (χ3v) is 5.41. The smallest absolute Gasteiger partial charge is 0.261 e. The molecule has 0 aliphatic heterocycles. The number of fused-ring (bicyclic) bond motifs is 1. The van der Waals surface area contributed by atoms with E-state index in [4.69, 9.17) is 5.73 Å². The van der Waals surface area contributed by atoms with E-state index in [0.29, 0.717) is 6.54 Å². The zero-order valence-electron chi connectivity index (χ0n) is 9.36. The van der Waals surface area contributed by atoms with Gasteiger partial charge in [-0.05, 0) is 36.8 Å². The van der Waals surface area contributed by atoms with Gasteiger partial charge in [-0.3, -0.25) is 4.79 Å². The quantitative estimate of drug-likeness (QED) is 0.897. The third kappa shape index (κ3) is 2.10. The predicted molar refractivity (Wildman–Crippen MR) is 72.8 cm³/mol. The first-order chi connectivity index (χ1) is 8.16. The third-order valence-electron chi connectivity index (χ3n) is 3.31. The lowest BCUT2D eigenvalue weighted by Crippen LogP contribution is -2.54. The van der Waals surface area contributed by atoms with Gasteiger partial charge in [0.1, 0.15) is 0 Å². The Bertz CT molecular complexity index is 525. The van der Waals surface area contributed by atoms with Gasteiger partial charge in [0.15, 0.2) is 0 Å². The van der Waals surface area contributed by atoms with Crippen LogP contribution in [0.1, 0.15) is 28.9 Å². The molecule has 5 heteroatoms. The summed E-state index contributed by atoms with van der Waals surface area (Å²) in [6.07, 6.45) is 3.22. The van der Waals surface area contributed by atoms with Gasteiger partial charge in [-0.25, -0.2) is 0 Å². The summed E-state index contributed by atoms with van der Waals surface area (Å²) in [5.41, 5.74) is 5.93. The molecule has 90 valence electrons. The first kappa shape index (κ1) is 11.2. The molecule has 0 atom stereocenters. The standard InChI is InChI=1S/C12H14N2OS2/c13-12(3-1-4-12)7-14-11(15)10-6-9-8(17-10)2-5-16-9/h2,5-6H,1,3-4,7,13H2,(H,14,15). The molecule has 3 N–H and O–H groups in total. The SMILES string of the molecule is NC1(CNC(=O)c2cc3sccc3s2)CCC1. The Balaban J connectivity index is 1.67. The molecule has 1 aliphatic carbocycles. The molecule has 1 fully saturated rings. The average Bonchev–Trinajstić information content (AvgIpc) is 2.82. The van der Waals surface area contributed by atoms with Crippen molar-refractivity contribution in [1.82, 2.24) is 5.32 Å². The number of hydrogen-bond donors (Lipinski definition) is 2. The number of carbonyl (C=O) groups excluding carboxylic acids is 1. The first-order valence-corrected chi connectivity index (χ1v) is 7.40. The highest BCUT2D eigenvalue weighted by Crippen LogP contribution is 2.31. The summed E-state index contributed by atoms with van der Waals surface area (Å²) in [5, 5.41) is 4.99. The second kappa shape index (κ2) is 4.08. The predicted octanol–water partition coefficient (Wildman–Crippen LogP) is 2.57. The zero-order valence-corrected chi connectivity index (χ0v) is 11.0. The fourth-order valence-electron chi connectivity index (χ4n) is 2.03. The van der Waals surface area contributed by atoms with Crippen LogP contribution in [-0.2, 0) is 0 Å². The molecule has 1 aliphatic rings. The van der Waals surface area contributed by atoms with Gasteiger partial charge in [-0.15, -0.1) is 22.7 Å². The number of nitrogens with one attached hydrogen (secondary N) is 1. The molecule has 2 aromatic heterocycles. The topological polar surface area (TPSA) is 55.1 Å². The second-order valence-corrected chi connectivity index (χ2v) is 6.69. The fraction of sp³-hybridized carbons (Fsp3) is 0.417. The number of carbonyl (C=O) groups is 1. The van der Waals surface area contributed by atoms with Crippen LogP contribution in [0.25, 0.3) is 9.40 Å². The Hall–Kier alpha value is -0.910. The van der Waals surface area contributed by atoms with Crippen molar-refractivity contribution in [2.75, 3.05) is 6.54 Å². The molecule has 0 spiro atoms. The molecule has 3 nitrogen and oxygen atoms in total. The number of rotatable bonds is 3. The van der Waals surface area contributed by atoms with Crippen LogP contribution in [0, 0.1) is 0 Å². The Kier molecular flexibility index (Phi) is 2.69. The molecular formula is C12H14N2OS2. The van der Waals surface area contributed by atoms with E-state index < -0.39 is 0 Å². The molecule has 0 radical (unpaired) electrons. The molecule has 3 rings (SSSR count). The summed E-state index contributed by atoms with van der Waals surface area (Å²) in [7, 11) is 0. The number of thiophene rings is 2. The number of amides is 1. The number of nitrogens with two attached hydrogens (primary N) is 1. The van der Waals surface area contributed by atoms with Crippen molar-refractivity contribution >= 4 is 38.0 Å². The fourth-order valence-corrected chi connectivity index (χ4v) is 4.05. The van der Waals surface area contributed by atoms with Gasteiger partial charge < -0.3 is 11.1 Å². The van der Waals surface area contributed by atoms with Gasteiger partial charge in [-0.2, -0.15) is 0 Å². The summed E-state index contributed by atoms with van der Waals surface area (Å²) in [6, 6.07) is 4.02. The van der Waals surface area contributed by atoms with Gasteiger partial charge in [0.2, 0.25) is 0 Å². The van der Waals surface area contributed by atoms with Crippen molar-refractivity contribution in [3.05, 3.63) is 22.4 Å². The lowest BCUT2D eigenvalue weighted by molar-refractivity contribution is 0.0934. The van der Waals surface area contributed by atoms with Crippen molar-refractivity contribution in [2.45, 2.75) is 24.8 Å². The molecule has 1 amide bonds. The van der Waals surface area contributed by atoms with E-state index in [9.17, 15) is 4.79 Å². The average molecular weight is 266 g/mol. The van der Waals surface area contributed by atoms with E-state index in [1.165, 1.54) is 15.8 Å². The second-order valence-electron chi connectivity index (χ2n) is 4.66. The maximum atomic E-state index is 11.9. The molecule has 0 saturated heterocycles. The zero-order chi connectivity index (χ0) is 11.9. The van der Waals surface area contributed by atoms with Crippen molar-refractivity contribution in [1.29, 1.82) is 0 Å². The van der Waals surface area contributed by atoms with Crippen molar-refractivity contribution in [2.24, 2.45) is 5.73 Å². The van der Waals surface area contributed by atoms with Gasteiger partial charge in [0, 0.05) is 21.5 Å². The lowest BCUT2D eigenvalue weighted by atomic mass is 9.78. The minimum atomic E-state index is -0.149. The van der Waals surface area contributed by atoms with Crippen molar-refractivity contribution < 1.29 is 4.79 Å². The van der Waals surface area contributed by atoms with Crippen LogP contribution in [0.4, 0.5) is 0 Å². The van der Waals surface area contributed by atoms with Crippen LogP contribution < -0.4 is 11.1 Å². The van der Waals surface area contributed by atoms with Gasteiger partial charge >= 0.3 is 0 Å². The van der Waals surface area contributed by atoms with Crippen molar-refractivity contribution in [3.63, 3.8) is 0 Å². The van der Waals surface area contributed by atoms with Crippen LogP contribution >= 0.6 is 22.7 Å². The summed E-state index contributed by atoms with van der Waals surface area (Å²) in [5.74, 6) is 0.00937. The summed E-state index contributed by atoms with van der Waals surface area (Å²) >= 11 is 3.22.